The number of ether oxygens (including phenoxy) is 2. The first-order valence-electron chi connectivity index (χ1n) is 9.65. The number of carbonyl (C=O) groups is 2. The Morgan fingerprint density at radius 2 is 1.65 bits per heavy atom. The normalized spacial score (nSPS) is 10.6. The Bertz CT molecular complexity index is 1060. The fourth-order valence-electron chi connectivity index (χ4n) is 2.59. The van der Waals surface area contributed by atoms with E-state index >= 15 is 0 Å². The van der Waals surface area contributed by atoms with Crippen LogP contribution >= 0.6 is 0 Å². The van der Waals surface area contributed by atoms with Crippen molar-refractivity contribution in [1.29, 1.82) is 0 Å². The number of amides is 1. The average Bonchev–Trinajstić information content (AvgIpc) is 2.79. The zero-order chi connectivity index (χ0) is 22.1. The maximum Gasteiger partial charge on any atom is 0.346 e. The number of carbonyl (C=O) groups excluding carboxylic acids is 2. The molecule has 7 heteroatoms. The van der Waals surface area contributed by atoms with E-state index in [2.05, 4.69) is 17.5 Å². The highest BCUT2D eigenvalue weighted by Gasteiger charge is 2.13. The van der Waals surface area contributed by atoms with Gasteiger partial charge in [-0.1, -0.05) is 31.2 Å². The highest BCUT2D eigenvalue weighted by molar-refractivity contribution is 5.91. The zero-order valence-corrected chi connectivity index (χ0v) is 16.9. The van der Waals surface area contributed by atoms with Crippen molar-refractivity contribution in [1.82, 2.24) is 5.43 Å². The summed E-state index contributed by atoms with van der Waals surface area (Å²) in [4.78, 5) is 23.8. The Morgan fingerprint density at radius 1 is 0.968 bits per heavy atom. The van der Waals surface area contributed by atoms with Crippen LogP contribution in [0.2, 0.25) is 0 Å². The number of aryl methyl sites for hydroxylation is 1. The van der Waals surface area contributed by atoms with Crippen LogP contribution in [-0.2, 0) is 11.2 Å². The predicted molar refractivity (Wildman–Crippen MR) is 115 cm³/mol. The van der Waals surface area contributed by atoms with Crippen molar-refractivity contribution in [2.45, 2.75) is 13.3 Å². The number of hydrazone groups is 1. The highest BCUT2D eigenvalue weighted by Crippen LogP contribution is 2.15. The van der Waals surface area contributed by atoms with E-state index in [9.17, 15) is 14.0 Å². The molecule has 1 N–H and O–H groups in total. The van der Waals surface area contributed by atoms with Crippen LogP contribution in [0, 0.1) is 5.82 Å². The molecule has 0 bridgehead atoms. The highest BCUT2D eigenvalue weighted by atomic mass is 19.1. The van der Waals surface area contributed by atoms with Gasteiger partial charge in [-0.25, -0.2) is 14.6 Å². The zero-order valence-electron chi connectivity index (χ0n) is 16.9. The Morgan fingerprint density at radius 3 is 2.32 bits per heavy atom. The average molecular weight is 420 g/mol. The van der Waals surface area contributed by atoms with Gasteiger partial charge in [-0.05, 0) is 66.1 Å². The molecule has 0 saturated carbocycles. The van der Waals surface area contributed by atoms with Crippen LogP contribution in [0.25, 0.3) is 0 Å². The molecule has 0 fully saturated rings. The molecule has 0 saturated heterocycles. The maximum atomic E-state index is 13.6. The molecular weight excluding hydrogens is 399 g/mol. The summed E-state index contributed by atoms with van der Waals surface area (Å²) >= 11 is 0. The van der Waals surface area contributed by atoms with E-state index in [0.717, 1.165) is 6.42 Å². The summed E-state index contributed by atoms with van der Waals surface area (Å²) in [6.07, 6.45) is 2.38. The largest absolute Gasteiger partial charge is 0.484 e. The monoisotopic (exact) mass is 420 g/mol. The van der Waals surface area contributed by atoms with Gasteiger partial charge in [-0.15, -0.1) is 0 Å². The molecule has 0 aliphatic heterocycles. The summed E-state index contributed by atoms with van der Waals surface area (Å²) in [5, 5.41) is 3.87. The molecule has 3 aromatic carbocycles. The molecule has 0 spiro atoms. The molecule has 0 aliphatic rings. The van der Waals surface area contributed by atoms with Gasteiger partial charge in [0.15, 0.2) is 6.61 Å². The first-order valence-corrected chi connectivity index (χ1v) is 9.65. The van der Waals surface area contributed by atoms with Crippen LogP contribution in [-0.4, -0.2) is 24.7 Å². The summed E-state index contributed by atoms with van der Waals surface area (Å²) in [6.45, 7) is 1.90. The predicted octanol–water partition coefficient (Wildman–Crippen LogP) is 4.14. The quantitative estimate of drug-likeness (QED) is 0.257. The van der Waals surface area contributed by atoms with E-state index < -0.39 is 17.7 Å². The number of halogens is 1. The van der Waals surface area contributed by atoms with Gasteiger partial charge in [0, 0.05) is 0 Å². The minimum absolute atomic E-state index is 0.139. The lowest BCUT2D eigenvalue weighted by Crippen LogP contribution is -2.24. The minimum atomic E-state index is -0.781. The van der Waals surface area contributed by atoms with Crippen molar-refractivity contribution in [3.05, 3.63) is 95.3 Å². The van der Waals surface area contributed by atoms with Crippen molar-refractivity contribution in [3.63, 3.8) is 0 Å². The number of esters is 1. The first-order chi connectivity index (χ1) is 15.0. The Kier molecular flexibility index (Phi) is 7.48. The number of nitrogens with zero attached hydrogens (tertiary/aromatic N) is 1. The van der Waals surface area contributed by atoms with E-state index in [1.165, 1.54) is 30.0 Å². The van der Waals surface area contributed by atoms with E-state index in [-0.39, 0.29) is 17.9 Å². The SMILES string of the molecule is CCc1ccc(OCC(=O)N/N=C/c2ccc(OC(=O)c3ccccc3F)cc2)cc1. The van der Waals surface area contributed by atoms with Crippen molar-refractivity contribution in [3.8, 4) is 11.5 Å². The van der Waals surface area contributed by atoms with Gasteiger partial charge in [0.05, 0.1) is 11.8 Å². The first kappa shape index (κ1) is 21.7. The summed E-state index contributed by atoms with van der Waals surface area (Å²) in [5.74, 6) is -0.954. The van der Waals surface area contributed by atoms with Gasteiger partial charge >= 0.3 is 5.97 Å². The van der Waals surface area contributed by atoms with Crippen molar-refractivity contribution < 1.29 is 23.5 Å². The van der Waals surface area contributed by atoms with Crippen LogP contribution in [0.1, 0.15) is 28.4 Å². The van der Waals surface area contributed by atoms with Crippen LogP contribution in [0.15, 0.2) is 77.9 Å². The lowest BCUT2D eigenvalue weighted by Gasteiger charge is -2.06. The van der Waals surface area contributed by atoms with Crippen molar-refractivity contribution >= 4 is 18.1 Å². The van der Waals surface area contributed by atoms with Crippen molar-refractivity contribution in [2.24, 2.45) is 5.10 Å². The van der Waals surface area contributed by atoms with E-state index in [0.29, 0.717) is 11.3 Å². The van der Waals surface area contributed by atoms with Crippen LogP contribution in [0.5, 0.6) is 11.5 Å². The van der Waals surface area contributed by atoms with E-state index in [1.54, 1.807) is 30.3 Å². The third kappa shape index (κ3) is 6.50. The molecule has 31 heavy (non-hydrogen) atoms. The molecule has 0 aliphatic carbocycles. The molecule has 3 rings (SSSR count). The molecule has 1 amide bonds. The fraction of sp³-hybridized carbons (Fsp3) is 0.125. The molecule has 0 heterocycles. The Balaban J connectivity index is 1.46. The lowest BCUT2D eigenvalue weighted by molar-refractivity contribution is -0.123. The molecular formula is C24H21FN2O4. The van der Waals surface area contributed by atoms with Crippen LogP contribution in [0.4, 0.5) is 4.39 Å². The second-order valence-corrected chi connectivity index (χ2v) is 6.52. The van der Waals surface area contributed by atoms with Gasteiger partial charge in [-0.2, -0.15) is 5.10 Å². The number of benzene rings is 3. The number of hydrogen-bond acceptors (Lipinski definition) is 5. The Hall–Kier alpha value is -4.00. The van der Waals surface area contributed by atoms with Gasteiger partial charge in [-0.3, -0.25) is 4.79 Å². The van der Waals surface area contributed by atoms with Gasteiger partial charge in [0.25, 0.3) is 5.91 Å². The molecule has 158 valence electrons. The smallest absolute Gasteiger partial charge is 0.346 e. The molecule has 3 aromatic rings. The third-order valence-electron chi connectivity index (χ3n) is 4.29. The Labute approximate surface area is 179 Å². The number of rotatable bonds is 8. The molecule has 0 atom stereocenters. The van der Waals surface area contributed by atoms with Gasteiger partial charge < -0.3 is 9.47 Å². The second kappa shape index (κ2) is 10.7. The molecule has 6 nitrogen and oxygen atoms in total. The second-order valence-electron chi connectivity index (χ2n) is 6.52. The minimum Gasteiger partial charge on any atom is -0.484 e. The summed E-state index contributed by atoms with van der Waals surface area (Å²) in [5.41, 5.74) is 4.10. The van der Waals surface area contributed by atoms with Crippen molar-refractivity contribution in [2.75, 3.05) is 6.61 Å². The van der Waals surface area contributed by atoms with E-state index in [1.807, 2.05) is 24.3 Å². The summed E-state index contributed by atoms with van der Waals surface area (Å²) in [7, 11) is 0. The standard InChI is InChI=1S/C24H21FN2O4/c1-2-17-7-11-19(12-8-17)30-16-23(28)27-26-15-18-9-13-20(14-10-18)31-24(29)21-5-3-4-6-22(21)25/h3-15H,2,16H2,1H3,(H,27,28)/b26-15+. The summed E-state index contributed by atoms with van der Waals surface area (Å²) in [6, 6.07) is 19.5. The van der Waals surface area contributed by atoms with Gasteiger partial charge in [0.2, 0.25) is 0 Å². The molecule has 0 radical (unpaired) electrons. The van der Waals surface area contributed by atoms with Gasteiger partial charge in [0.1, 0.15) is 17.3 Å². The number of nitrogens with one attached hydrogen (secondary N) is 1. The van der Waals surface area contributed by atoms with E-state index in [4.69, 9.17) is 9.47 Å². The topological polar surface area (TPSA) is 77.0 Å². The maximum absolute atomic E-state index is 13.6. The van der Waals surface area contributed by atoms with Crippen LogP contribution in [0.3, 0.4) is 0 Å². The lowest BCUT2D eigenvalue weighted by atomic mass is 10.2. The third-order valence-corrected chi connectivity index (χ3v) is 4.29. The summed E-state index contributed by atoms with van der Waals surface area (Å²) < 4.78 is 24.2. The fourth-order valence-corrected chi connectivity index (χ4v) is 2.59. The molecule has 0 aromatic heterocycles. The van der Waals surface area contributed by atoms with Crippen LogP contribution < -0.4 is 14.9 Å². The molecule has 0 unspecified atom stereocenters. The number of hydrogen-bond donors (Lipinski definition) is 1.